The normalized spacial score (nSPS) is 29.8. The van der Waals surface area contributed by atoms with Crippen LogP contribution in [0.15, 0.2) is 18.5 Å². The molecular weight excluding hydrogens is 228 g/mol. The third-order valence-electron chi connectivity index (χ3n) is 3.85. The molecule has 5 heteroatoms. The predicted octanol–water partition coefficient (Wildman–Crippen LogP) is 1.01. The summed E-state index contributed by atoms with van der Waals surface area (Å²) in [5.41, 5.74) is 0.512. The minimum absolute atomic E-state index is 0.135. The molecule has 2 saturated heterocycles. The molecule has 94 valence electrons. The SMILES string of the molecule is N#Cc1ccn(C(=O)N[C@@H]2C[C@H]3CCN(C3)C2)c1. The topological polar surface area (TPSA) is 61.1 Å². The van der Waals surface area contributed by atoms with Crippen LogP contribution in [-0.2, 0) is 0 Å². The Balaban J connectivity index is 1.62. The van der Waals surface area contributed by atoms with Gasteiger partial charge in [-0.3, -0.25) is 4.57 Å². The fourth-order valence-corrected chi connectivity index (χ4v) is 3.00. The molecule has 2 bridgehead atoms. The number of nitriles is 1. The number of aromatic nitrogens is 1. The maximum absolute atomic E-state index is 12.0. The van der Waals surface area contributed by atoms with Gasteiger partial charge in [0.15, 0.2) is 0 Å². The van der Waals surface area contributed by atoms with Crippen LogP contribution in [0.25, 0.3) is 0 Å². The standard InChI is InChI=1S/C13H16N4O/c14-6-11-2-4-17(8-11)13(18)15-12-5-10-1-3-16(7-10)9-12/h2,4,8,10,12H,1,3,5,7,9H2,(H,15,18)/t10-,12-/m1/s1. The Labute approximate surface area is 106 Å². The Morgan fingerprint density at radius 2 is 2.39 bits per heavy atom. The number of hydrogen-bond donors (Lipinski definition) is 1. The summed E-state index contributed by atoms with van der Waals surface area (Å²) in [6.07, 6.45) is 5.53. The second-order valence-corrected chi connectivity index (χ2v) is 5.22. The summed E-state index contributed by atoms with van der Waals surface area (Å²) in [5, 5.41) is 11.8. The summed E-state index contributed by atoms with van der Waals surface area (Å²) in [4.78, 5) is 14.4. The van der Waals surface area contributed by atoms with Gasteiger partial charge in [-0.15, -0.1) is 0 Å². The molecule has 0 spiro atoms. The summed E-state index contributed by atoms with van der Waals surface area (Å²) < 4.78 is 1.45. The Hall–Kier alpha value is -1.80. The lowest BCUT2D eigenvalue weighted by atomic mass is 9.97. The third-order valence-corrected chi connectivity index (χ3v) is 3.85. The molecule has 0 aliphatic carbocycles. The molecule has 2 fully saturated rings. The molecule has 5 nitrogen and oxygen atoms in total. The van der Waals surface area contributed by atoms with E-state index in [9.17, 15) is 4.79 Å². The molecule has 3 heterocycles. The van der Waals surface area contributed by atoms with E-state index in [-0.39, 0.29) is 12.1 Å². The largest absolute Gasteiger partial charge is 0.333 e. The summed E-state index contributed by atoms with van der Waals surface area (Å²) in [5.74, 6) is 0.739. The molecule has 0 aromatic carbocycles. The number of carbonyl (C=O) groups excluding carboxylic acids is 1. The first-order valence-corrected chi connectivity index (χ1v) is 6.36. The van der Waals surface area contributed by atoms with Gasteiger partial charge in [0, 0.05) is 31.5 Å². The van der Waals surface area contributed by atoms with E-state index in [0.29, 0.717) is 5.56 Å². The number of piperidine rings is 1. The number of fused-ring (bicyclic) bond motifs is 2. The van der Waals surface area contributed by atoms with Gasteiger partial charge in [0.25, 0.3) is 0 Å². The van der Waals surface area contributed by atoms with Crippen LogP contribution < -0.4 is 5.32 Å². The van der Waals surface area contributed by atoms with Crippen LogP contribution in [0, 0.1) is 17.2 Å². The van der Waals surface area contributed by atoms with Crippen LogP contribution in [0.5, 0.6) is 0 Å². The number of carbonyl (C=O) groups is 1. The van der Waals surface area contributed by atoms with E-state index in [0.717, 1.165) is 18.9 Å². The van der Waals surface area contributed by atoms with Crippen LogP contribution in [0.4, 0.5) is 4.79 Å². The molecule has 1 aromatic heterocycles. The molecule has 1 N–H and O–H groups in total. The number of hydrogen-bond acceptors (Lipinski definition) is 3. The first-order valence-electron chi connectivity index (χ1n) is 6.36. The molecule has 18 heavy (non-hydrogen) atoms. The molecule has 0 radical (unpaired) electrons. The second kappa shape index (κ2) is 4.46. The smallest absolute Gasteiger partial charge is 0.325 e. The van der Waals surface area contributed by atoms with Gasteiger partial charge in [0.1, 0.15) is 6.07 Å². The lowest BCUT2D eigenvalue weighted by Crippen LogP contribution is -2.47. The van der Waals surface area contributed by atoms with E-state index in [2.05, 4.69) is 10.2 Å². The minimum Gasteiger partial charge on any atom is -0.333 e. The van der Waals surface area contributed by atoms with Gasteiger partial charge in [-0.05, 0) is 31.4 Å². The second-order valence-electron chi connectivity index (χ2n) is 5.22. The third kappa shape index (κ3) is 2.12. The lowest BCUT2D eigenvalue weighted by molar-refractivity contribution is 0.206. The van der Waals surface area contributed by atoms with Gasteiger partial charge in [-0.1, -0.05) is 0 Å². The monoisotopic (exact) mass is 244 g/mol. The van der Waals surface area contributed by atoms with Crippen molar-refractivity contribution in [2.45, 2.75) is 18.9 Å². The average Bonchev–Trinajstić information content (AvgIpc) is 2.96. The zero-order valence-corrected chi connectivity index (χ0v) is 10.2. The molecular formula is C13H16N4O. The number of amides is 1. The maximum atomic E-state index is 12.0. The van der Waals surface area contributed by atoms with Crippen molar-refractivity contribution >= 4 is 6.03 Å². The Kier molecular flexibility index (Phi) is 2.80. The molecule has 1 amide bonds. The van der Waals surface area contributed by atoms with Crippen molar-refractivity contribution in [3.63, 3.8) is 0 Å². The van der Waals surface area contributed by atoms with E-state index >= 15 is 0 Å². The van der Waals surface area contributed by atoms with Crippen LogP contribution in [0.2, 0.25) is 0 Å². The van der Waals surface area contributed by atoms with Crippen molar-refractivity contribution < 1.29 is 4.79 Å². The molecule has 2 aliphatic rings. The summed E-state index contributed by atoms with van der Waals surface area (Å²) in [6.45, 7) is 3.31. The number of rotatable bonds is 1. The molecule has 1 unspecified atom stereocenters. The van der Waals surface area contributed by atoms with Gasteiger partial charge >= 0.3 is 6.03 Å². The number of nitrogens with one attached hydrogen (secondary N) is 1. The highest BCUT2D eigenvalue weighted by atomic mass is 16.2. The van der Waals surface area contributed by atoms with Gasteiger partial charge < -0.3 is 10.2 Å². The molecule has 3 rings (SSSR count). The molecule has 3 atom stereocenters. The fourth-order valence-electron chi connectivity index (χ4n) is 3.00. The predicted molar refractivity (Wildman–Crippen MR) is 66.0 cm³/mol. The first kappa shape index (κ1) is 11.3. The van der Waals surface area contributed by atoms with Crippen LogP contribution in [0.1, 0.15) is 18.4 Å². The highest BCUT2D eigenvalue weighted by Crippen LogP contribution is 2.26. The van der Waals surface area contributed by atoms with Crippen molar-refractivity contribution in [2.75, 3.05) is 19.6 Å². The van der Waals surface area contributed by atoms with E-state index in [1.165, 1.54) is 24.1 Å². The quantitative estimate of drug-likeness (QED) is 0.802. The average molecular weight is 244 g/mol. The Bertz CT molecular complexity index is 489. The highest BCUT2D eigenvalue weighted by Gasteiger charge is 2.32. The van der Waals surface area contributed by atoms with Crippen LogP contribution in [-0.4, -0.2) is 41.2 Å². The summed E-state index contributed by atoms with van der Waals surface area (Å²) >= 11 is 0. The Morgan fingerprint density at radius 3 is 3.11 bits per heavy atom. The van der Waals surface area contributed by atoms with Gasteiger partial charge in [0.05, 0.1) is 5.56 Å². The molecule has 1 aromatic rings. The number of nitrogens with zero attached hydrogens (tertiary/aromatic N) is 3. The molecule has 2 aliphatic heterocycles. The minimum atomic E-state index is -0.135. The Morgan fingerprint density at radius 1 is 1.50 bits per heavy atom. The van der Waals surface area contributed by atoms with E-state index in [4.69, 9.17) is 5.26 Å². The van der Waals surface area contributed by atoms with E-state index in [1.54, 1.807) is 18.5 Å². The van der Waals surface area contributed by atoms with Crippen LogP contribution in [0.3, 0.4) is 0 Å². The lowest BCUT2D eigenvalue weighted by Gasteiger charge is -2.30. The summed E-state index contributed by atoms with van der Waals surface area (Å²) in [6, 6.07) is 3.77. The van der Waals surface area contributed by atoms with Crippen molar-refractivity contribution in [1.82, 2.24) is 14.8 Å². The molecule has 0 saturated carbocycles. The van der Waals surface area contributed by atoms with E-state index in [1.807, 2.05) is 6.07 Å². The van der Waals surface area contributed by atoms with Crippen molar-refractivity contribution in [3.8, 4) is 6.07 Å². The van der Waals surface area contributed by atoms with E-state index < -0.39 is 0 Å². The summed E-state index contributed by atoms with van der Waals surface area (Å²) in [7, 11) is 0. The first-order chi connectivity index (χ1) is 8.74. The fraction of sp³-hybridized carbons (Fsp3) is 0.538. The van der Waals surface area contributed by atoms with Crippen molar-refractivity contribution in [2.24, 2.45) is 5.92 Å². The van der Waals surface area contributed by atoms with Gasteiger partial charge in [0.2, 0.25) is 0 Å². The van der Waals surface area contributed by atoms with Crippen molar-refractivity contribution in [1.29, 1.82) is 5.26 Å². The van der Waals surface area contributed by atoms with Crippen molar-refractivity contribution in [3.05, 3.63) is 24.0 Å². The van der Waals surface area contributed by atoms with Crippen LogP contribution >= 0.6 is 0 Å². The van der Waals surface area contributed by atoms with Gasteiger partial charge in [-0.2, -0.15) is 5.26 Å². The zero-order chi connectivity index (χ0) is 12.5. The zero-order valence-electron chi connectivity index (χ0n) is 10.2. The highest BCUT2D eigenvalue weighted by molar-refractivity contribution is 5.77. The van der Waals surface area contributed by atoms with Gasteiger partial charge in [-0.25, -0.2) is 4.79 Å². The maximum Gasteiger partial charge on any atom is 0.325 e.